The van der Waals surface area contributed by atoms with E-state index in [4.69, 9.17) is 4.74 Å². The summed E-state index contributed by atoms with van der Waals surface area (Å²) in [4.78, 5) is 8.90. The Morgan fingerprint density at radius 2 is 2.07 bits per heavy atom. The van der Waals surface area contributed by atoms with Crippen LogP contribution in [0.2, 0.25) is 0 Å². The number of hydrogen-bond acceptors (Lipinski definition) is 7. The standard InChI is InChI=1S/C19H22N8O/c1-4-14(28-3)12-18-25-24-17-11-13(7-10-27(17)18)15-5-8-20-19(22-15)23-16-6-9-21-26(16)2/h5-11,14H,4,12H2,1-3H3,(H,20,22,23)/t14-/m1/s1. The van der Waals surface area contributed by atoms with Gasteiger partial charge in [-0.05, 0) is 24.6 Å². The van der Waals surface area contributed by atoms with Crippen LogP contribution >= 0.6 is 0 Å². The van der Waals surface area contributed by atoms with Crippen molar-refractivity contribution in [3.05, 3.63) is 48.7 Å². The van der Waals surface area contributed by atoms with Crippen LogP contribution in [-0.2, 0) is 18.2 Å². The molecule has 144 valence electrons. The van der Waals surface area contributed by atoms with Crippen molar-refractivity contribution >= 4 is 17.4 Å². The van der Waals surface area contributed by atoms with Gasteiger partial charge in [0.25, 0.3) is 0 Å². The molecule has 4 heterocycles. The van der Waals surface area contributed by atoms with Gasteiger partial charge in [-0.15, -0.1) is 10.2 Å². The average Bonchev–Trinajstić information content (AvgIpc) is 3.32. The molecule has 9 nitrogen and oxygen atoms in total. The molecule has 0 unspecified atom stereocenters. The van der Waals surface area contributed by atoms with Gasteiger partial charge >= 0.3 is 0 Å². The minimum atomic E-state index is 0.134. The van der Waals surface area contributed by atoms with E-state index in [0.29, 0.717) is 5.95 Å². The van der Waals surface area contributed by atoms with E-state index in [9.17, 15) is 0 Å². The number of rotatable bonds is 7. The Balaban J connectivity index is 1.61. The van der Waals surface area contributed by atoms with E-state index in [0.717, 1.165) is 41.4 Å². The Labute approximate surface area is 162 Å². The van der Waals surface area contributed by atoms with E-state index in [1.807, 2.05) is 41.9 Å². The molecule has 4 rings (SSSR count). The molecule has 0 spiro atoms. The van der Waals surface area contributed by atoms with E-state index in [-0.39, 0.29) is 6.10 Å². The van der Waals surface area contributed by atoms with Crippen LogP contribution in [0.15, 0.2) is 42.9 Å². The molecule has 1 N–H and O–H groups in total. The van der Waals surface area contributed by atoms with Crippen LogP contribution in [0.5, 0.6) is 0 Å². The van der Waals surface area contributed by atoms with Crippen LogP contribution in [0.1, 0.15) is 19.2 Å². The van der Waals surface area contributed by atoms with Gasteiger partial charge in [0, 0.05) is 44.6 Å². The number of nitrogens with zero attached hydrogens (tertiary/aromatic N) is 7. The van der Waals surface area contributed by atoms with Crippen molar-refractivity contribution in [1.82, 2.24) is 34.3 Å². The fraction of sp³-hybridized carbons (Fsp3) is 0.316. The van der Waals surface area contributed by atoms with Crippen LogP contribution < -0.4 is 5.32 Å². The quantitative estimate of drug-likeness (QED) is 0.528. The van der Waals surface area contributed by atoms with E-state index in [1.54, 1.807) is 24.2 Å². The largest absolute Gasteiger partial charge is 0.381 e. The number of nitrogens with one attached hydrogen (secondary N) is 1. The van der Waals surface area contributed by atoms with Crippen molar-refractivity contribution < 1.29 is 4.74 Å². The molecule has 0 amide bonds. The van der Waals surface area contributed by atoms with Crippen molar-refractivity contribution in [3.63, 3.8) is 0 Å². The highest BCUT2D eigenvalue weighted by molar-refractivity contribution is 5.65. The molecular formula is C19H22N8O. The summed E-state index contributed by atoms with van der Waals surface area (Å²) >= 11 is 0. The number of ether oxygens (including phenoxy) is 1. The summed E-state index contributed by atoms with van der Waals surface area (Å²) < 4.78 is 9.18. The maximum absolute atomic E-state index is 5.47. The second-order valence-electron chi connectivity index (χ2n) is 6.46. The zero-order valence-electron chi connectivity index (χ0n) is 16.1. The van der Waals surface area contributed by atoms with Gasteiger partial charge < -0.3 is 10.1 Å². The molecule has 0 bridgehead atoms. The van der Waals surface area contributed by atoms with Crippen molar-refractivity contribution in [2.24, 2.45) is 7.05 Å². The van der Waals surface area contributed by atoms with E-state index in [1.165, 1.54) is 0 Å². The first-order valence-electron chi connectivity index (χ1n) is 9.13. The summed E-state index contributed by atoms with van der Waals surface area (Å²) in [5.74, 6) is 2.21. The number of hydrogen-bond donors (Lipinski definition) is 1. The maximum Gasteiger partial charge on any atom is 0.228 e. The van der Waals surface area contributed by atoms with Gasteiger partial charge in [0.2, 0.25) is 5.95 Å². The first kappa shape index (κ1) is 18.1. The highest BCUT2D eigenvalue weighted by Gasteiger charge is 2.13. The van der Waals surface area contributed by atoms with E-state index < -0.39 is 0 Å². The van der Waals surface area contributed by atoms with Gasteiger partial charge in [0.1, 0.15) is 11.6 Å². The van der Waals surface area contributed by atoms with Crippen LogP contribution in [0, 0.1) is 0 Å². The smallest absolute Gasteiger partial charge is 0.228 e. The van der Waals surface area contributed by atoms with Crippen molar-refractivity contribution in [2.45, 2.75) is 25.9 Å². The van der Waals surface area contributed by atoms with Gasteiger partial charge in [-0.3, -0.25) is 9.08 Å². The highest BCUT2D eigenvalue weighted by Crippen LogP contribution is 2.21. The maximum atomic E-state index is 5.47. The number of anilines is 2. The lowest BCUT2D eigenvalue weighted by atomic mass is 10.2. The third-order valence-corrected chi connectivity index (χ3v) is 4.69. The van der Waals surface area contributed by atoms with Gasteiger partial charge in [-0.1, -0.05) is 6.92 Å². The zero-order chi connectivity index (χ0) is 19.5. The second kappa shape index (κ2) is 7.73. The predicted molar refractivity (Wildman–Crippen MR) is 105 cm³/mol. The third-order valence-electron chi connectivity index (χ3n) is 4.69. The van der Waals surface area contributed by atoms with Crippen LogP contribution in [0.25, 0.3) is 16.9 Å². The average molecular weight is 378 g/mol. The molecule has 28 heavy (non-hydrogen) atoms. The molecule has 9 heteroatoms. The Bertz CT molecular complexity index is 1080. The lowest BCUT2D eigenvalue weighted by Crippen LogP contribution is -2.14. The Morgan fingerprint density at radius 3 is 2.82 bits per heavy atom. The van der Waals surface area contributed by atoms with Crippen LogP contribution in [0.3, 0.4) is 0 Å². The molecule has 0 aliphatic carbocycles. The molecule has 0 radical (unpaired) electrons. The fourth-order valence-corrected chi connectivity index (χ4v) is 3.03. The molecule has 0 aromatic carbocycles. The van der Waals surface area contributed by atoms with Gasteiger partial charge in [-0.25, -0.2) is 9.97 Å². The predicted octanol–water partition coefficient (Wildman–Crippen LogP) is 2.63. The lowest BCUT2D eigenvalue weighted by molar-refractivity contribution is 0.0979. The molecule has 0 fully saturated rings. The molecule has 0 aliphatic rings. The third kappa shape index (κ3) is 3.56. The number of methoxy groups -OCH3 is 1. The monoisotopic (exact) mass is 378 g/mol. The Morgan fingerprint density at radius 1 is 1.18 bits per heavy atom. The van der Waals surface area contributed by atoms with Gasteiger partial charge in [0.15, 0.2) is 5.65 Å². The molecular weight excluding hydrogens is 356 g/mol. The van der Waals surface area contributed by atoms with Crippen molar-refractivity contribution in [3.8, 4) is 11.3 Å². The molecule has 0 aliphatic heterocycles. The molecule has 0 saturated heterocycles. The first-order chi connectivity index (χ1) is 13.7. The molecule has 4 aromatic heterocycles. The summed E-state index contributed by atoms with van der Waals surface area (Å²) in [5, 5.41) is 15.9. The minimum absolute atomic E-state index is 0.134. The number of pyridine rings is 1. The van der Waals surface area contributed by atoms with E-state index in [2.05, 4.69) is 37.5 Å². The van der Waals surface area contributed by atoms with Crippen LogP contribution in [0.4, 0.5) is 11.8 Å². The number of aryl methyl sites for hydroxylation is 1. The second-order valence-corrected chi connectivity index (χ2v) is 6.46. The van der Waals surface area contributed by atoms with E-state index >= 15 is 0 Å². The SMILES string of the molecule is CC[C@H](Cc1nnc2cc(-c3ccnc(Nc4ccnn4C)n3)ccn12)OC. The summed E-state index contributed by atoms with van der Waals surface area (Å²) in [6, 6.07) is 7.71. The molecule has 0 saturated carbocycles. The molecule has 1 atom stereocenters. The fourth-order valence-electron chi connectivity index (χ4n) is 3.03. The summed E-state index contributed by atoms with van der Waals surface area (Å²) in [5.41, 5.74) is 2.52. The minimum Gasteiger partial charge on any atom is -0.381 e. The zero-order valence-corrected chi connectivity index (χ0v) is 16.1. The van der Waals surface area contributed by atoms with Crippen molar-refractivity contribution in [2.75, 3.05) is 12.4 Å². The summed E-state index contributed by atoms with van der Waals surface area (Å²) in [6.07, 6.45) is 7.20. The molecule has 4 aromatic rings. The van der Waals surface area contributed by atoms with Gasteiger partial charge in [0.05, 0.1) is 18.0 Å². The van der Waals surface area contributed by atoms with Crippen molar-refractivity contribution in [1.29, 1.82) is 0 Å². The number of aromatic nitrogens is 7. The number of fused-ring (bicyclic) bond motifs is 1. The topological polar surface area (TPSA) is 95.1 Å². The Hall–Kier alpha value is -3.33. The summed E-state index contributed by atoms with van der Waals surface area (Å²) in [6.45, 7) is 2.10. The van der Waals surface area contributed by atoms with Gasteiger partial charge in [-0.2, -0.15) is 5.10 Å². The normalized spacial score (nSPS) is 12.4. The first-order valence-corrected chi connectivity index (χ1v) is 9.13. The lowest BCUT2D eigenvalue weighted by Gasteiger charge is -2.11. The summed E-state index contributed by atoms with van der Waals surface area (Å²) in [7, 11) is 3.58. The van der Waals surface area contributed by atoms with Crippen LogP contribution in [-0.4, -0.2) is 47.6 Å². The highest BCUT2D eigenvalue weighted by atomic mass is 16.5. The Kier molecular flexibility index (Phi) is 4.98.